The van der Waals surface area contributed by atoms with E-state index in [1.54, 1.807) is 17.3 Å². The van der Waals surface area contributed by atoms with Gasteiger partial charge in [-0.1, -0.05) is 11.6 Å². The van der Waals surface area contributed by atoms with Crippen LogP contribution in [0.5, 0.6) is 0 Å². The Kier molecular flexibility index (Phi) is 4.93. The van der Waals surface area contributed by atoms with Crippen LogP contribution >= 0.6 is 0 Å². The third kappa shape index (κ3) is 3.40. The topological polar surface area (TPSA) is 45.2 Å². The largest absolute Gasteiger partial charge is 0.385 e. The fourth-order valence-electron chi connectivity index (χ4n) is 2.29. The molecule has 1 amide bonds. The molecule has 0 saturated carbocycles. The molecule has 0 radical (unpaired) electrons. The lowest BCUT2D eigenvalue weighted by Crippen LogP contribution is -2.31. The van der Waals surface area contributed by atoms with E-state index in [9.17, 15) is 4.79 Å². The van der Waals surface area contributed by atoms with E-state index >= 15 is 0 Å². The first-order valence-corrected chi connectivity index (χ1v) is 7.23. The summed E-state index contributed by atoms with van der Waals surface area (Å²) in [5.74, 6) is 0.00310. The lowest BCUT2D eigenvalue weighted by atomic mass is 10.1. The zero-order chi connectivity index (χ0) is 15.2. The summed E-state index contributed by atoms with van der Waals surface area (Å²) in [5, 5.41) is 3.25. The molecule has 1 aromatic heterocycles. The van der Waals surface area contributed by atoms with Crippen LogP contribution in [0, 0.1) is 6.92 Å². The van der Waals surface area contributed by atoms with E-state index in [1.165, 1.54) is 0 Å². The highest BCUT2D eigenvalue weighted by atomic mass is 16.2. The number of benzene rings is 1. The van der Waals surface area contributed by atoms with E-state index in [-0.39, 0.29) is 5.91 Å². The molecule has 4 nitrogen and oxygen atoms in total. The molecule has 0 spiro atoms. The van der Waals surface area contributed by atoms with Crippen molar-refractivity contribution in [3.8, 4) is 0 Å². The van der Waals surface area contributed by atoms with Gasteiger partial charge in [-0.25, -0.2) is 0 Å². The van der Waals surface area contributed by atoms with Crippen LogP contribution in [0.1, 0.15) is 29.8 Å². The zero-order valence-corrected chi connectivity index (χ0v) is 12.8. The highest BCUT2D eigenvalue weighted by molar-refractivity contribution is 6.09. The third-order valence-electron chi connectivity index (χ3n) is 3.31. The molecule has 1 N–H and O–H groups in total. The first kappa shape index (κ1) is 15.0. The van der Waals surface area contributed by atoms with Gasteiger partial charge in [0.05, 0.1) is 5.56 Å². The molecule has 0 atom stereocenters. The summed E-state index contributed by atoms with van der Waals surface area (Å²) in [6.07, 6.45) is 3.40. The molecule has 0 aliphatic heterocycles. The lowest BCUT2D eigenvalue weighted by Gasteiger charge is -2.22. The number of hydrogen-bond acceptors (Lipinski definition) is 3. The number of hydrogen-bond donors (Lipinski definition) is 1. The SMILES string of the molecule is CCNc1ccc(C)cc1C(=O)N(CC)c1ccncc1. The highest BCUT2D eigenvalue weighted by Gasteiger charge is 2.19. The molecule has 0 bridgehead atoms. The van der Waals surface area contributed by atoms with Gasteiger partial charge in [0.15, 0.2) is 0 Å². The third-order valence-corrected chi connectivity index (χ3v) is 3.31. The predicted molar refractivity (Wildman–Crippen MR) is 86.9 cm³/mol. The summed E-state index contributed by atoms with van der Waals surface area (Å²) < 4.78 is 0. The van der Waals surface area contributed by atoms with Gasteiger partial charge in [0.1, 0.15) is 0 Å². The zero-order valence-electron chi connectivity index (χ0n) is 12.8. The fourth-order valence-corrected chi connectivity index (χ4v) is 2.29. The molecule has 0 fully saturated rings. The van der Waals surface area contributed by atoms with Crippen LogP contribution in [-0.4, -0.2) is 24.0 Å². The van der Waals surface area contributed by atoms with E-state index < -0.39 is 0 Å². The van der Waals surface area contributed by atoms with E-state index in [4.69, 9.17) is 0 Å². The molecular weight excluding hydrogens is 262 g/mol. The standard InChI is InChI=1S/C17H21N3O/c1-4-19-16-7-6-13(3)12-15(16)17(21)20(5-2)14-8-10-18-11-9-14/h6-12,19H,4-5H2,1-3H3. The van der Waals surface area contributed by atoms with Crippen molar-refractivity contribution in [2.45, 2.75) is 20.8 Å². The van der Waals surface area contributed by atoms with Crippen molar-refractivity contribution in [1.29, 1.82) is 0 Å². The van der Waals surface area contributed by atoms with Gasteiger partial charge in [-0.3, -0.25) is 9.78 Å². The second-order valence-electron chi connectivity index (χ2n) is 4.83. The minimum atomic E-state index is 0.00310. The van der Waals surface area contributed by atoms with Crippen LogP contribution in [0.3, 0.4) is 0 Å². The maximum atomic E-state index is 12.9. The molecule has 0 saturated heterocycles. The Bertz CT molecular complexity index is 611. The Hall–Kier alpha value is -2.36. The Morgan fingerprint density at radius 1 is 1.19 bits per heavy atom. The number of anilines is 2. The van der Waals surface area contributed by atoms with E-state index in [1.807, 2.05) is 51.1 Å². The first-order chi connectivity index (χ1) is 10.2. The Morgan fingerprint density at radius 3 is 2.52 bits per heavy atom. The highest BCUT2D eigenvalue weighted by Crippen LogP contribution is 2.22. The Labute approximate surface area is 125 Å². The quantitative estimate of drug-likeness (QED) is 0.913. The number of aryl methyl sites for hydroxylation is 1. The summed E-state index contributed by atoms with van der Waals surface area (Å²) >= 11 is 0. The molecule has 1 aromatic carbocycles. The van der Waals surface area contributed by atoms with Gasteiger partial charge in [-0.2, -0.15) is 0 Å². The van der Waals surface area contributed by atoms with Crippen molar-refractivity contribution < 1.29 is 4.79 Å². The minimum absolute atomic E-state index is 0.00310. The van der Waals surface area contributed by atoms with Crippen molar-refractivity contribution in [2.75, 3.05) is 23.3 Å². The molecule has 2 aromatic rings. The minimum Gasteiger partial charge on any atom is -0.385 e. The summed E-state index contributed by atoms with van der Waals surface area (Å²) in [4.78, 5) is 18.7. The molecule has 1 heterocycles. The van der Waals surface area contributed by atoms with Crippen LogP contribution in [0.2, 0.25) is 0 Å². The number of aromatic nitrogens is 1. The molecular formula is C17H21N3O. The Morgan fingerprint density at radius 2 is 1.90 bits per heavy atom. The first-order valence-electron chi connectivity index (χ1n) is 7.23. The van der Waals surface area contributed by atoms with Crippen molar-refractivity contribution >= 4 is 17.3 Å². The molecule has 2 rings (SSSR count). The number of carbonyl (C=O) groups is 1. The normalized spacial score (nSPS) is 10.2. The molecule has 21 heavy (non-hydrogen) atoms. The maximum absolute atomic E-state index is 12.9. The number of nitrogens with zero attached hydrogens (tertiary/aromatic N) is 2. The monoisotopic (exact) mass is 283 g/mol. The van der Waals surface area contributed by atoms with Crippen molar-refractivity contribution in [2.24, 2.45) is 0 Å². The fraction of sp³-hybridized carbons (Fsp3) is 0.294. The van der Waals surface area contributed by atoms with E-state index in [2.05, 4.69) is 10.3 Å². The second-order valence-corrected chi connectivity index (χ2v) is 4.83. The van der Waals surface area contributed by atoms with Gasteiger partial charge in [0.25, 0.3) is 5.91 Å². The van der Waals surface area contributed by atoms with Crippen molar-refractivity contribution in [1.82, 2.24) is 4.98 Å². The molecule has 4 heteroatoms. The van der Waals surface area contributed by atoms with Gasteiger partial charge in [0, 0.05) is 36.9 Å². The number of carbonyl (C=O) groups excluding carboxylic acids is 1. The van der Waals surface area contributed by atoms with Crippen molar-refractivity contribution in [3.63, 3.8) is 0 Å². The van der Waals surface area contributed by atoms with Crippen LogP contribution in [0.25, 0.3) is 0 Å². The van der Waals surface area contributed by atoms with Gasteiger partial charge in [0.2, 0.25) is 0 Å². The molecule has 0 unspecified atom stereocenters. The smallest absolute Gasteiger partial charge is 0.260 e. The van der Waals surface area contributed by atoms with Crippen LogP contribution in [0.4, 0.5) is 11.4 Å². The summed E-state index contributed by atoms with van der Waals surface area (Å²) in [5.41, 5.74) is 3.52. The second kappa shape index (κ2) is 6.88. The molecule has 0 aliphatic rings. The maximum Gasteiger partial charge on any atom is 0.260 e. The number of pyridine rings is 1. The summed E-state index contributed by atoms with van der Waals surface area (Å²) in [6, 6.07) is 9.61. The average Bonchev–Trinajstić information content (AvgIpc) is 2.51. The number of amides is 1. The summed E-state index contributed by atoms with van der Waals surface area (Å²) in [7, 11) is 0. The van der Waals surface area contributed by atoms with Gasteiger partial charge in [-0.05, 0) is 45.0 Å². The van der Waals surface area contributed by atoms with E-state index in [0.29, 0.717) is 12.1 Å². The predicted octanol–water partition coefficient (Wildman–Crippen LogP) is 3.49. The van der Waals surface area contributed by atoms with Crippen LogP contribution in [-0.2, 0) is 0 Å². The van der Waals surface area contributed by atoms with Crippen molar-refractivity contribution in [3.05, 3.63) is 53.9 Å². The summed E-state index contributed by atoms with van der Waals surface area (Å²) in [6.45, 7) is 7.39. The molecule has 110 valence electrons. The Balaban J connectivity index is 2.40. The van der Waals surface area contributed by atoms with Gasteiger partial charge in [-0.15, -0.1) is 0 Å². The average molecular weight is 283 g/mol. The number of rotatable bonds is 5. The lowest BCUT2D eigenvalue weighted by molar-refractivity contribution is 0.0989. The van der Waals surface area contributed by atoms with Crippen LogP contribution < -0.4 is 10.2 Å². The van der Waals surface area contributed by atoms with E-state index in [0.717, 1.165) is 23.5 Å². The number of nitrogens with one attached hydrogen (secondary N) is 1. The van der Waals surface area contributed by atoms with Gasteiger partial charge < -0.3 is 10.2 Å². The van der Waals surface area contributed by atoms with Crippen LogP contribution in [0.15, 0.2) is 42.7 Å². The molecule has 0 aliphatic carbocycles. The van der Waals surface area contributed by atoms with Gasteiger partial charge >= 0.3 is 0 Å².